The van der Waals surface area contributed by atoms with Gasteiger partial charge in [0.1, 0.15) is 17.2 Å². The number of halogens is 1. The van der Waals surface area contributed by atoms with Crippen molar-refractivity contribution in [3.8, 4) is 17.2 Å². The second-order valence-electron chi connectivity index (χ2n) is 7.40. The first-order valence-corrected chi connectivity index (χ1v) is 12.1. The molecule has 3 rings (SSSR count). The standard InChI is InChI=1S/C26H27ClN2O5S/c1-5-24(26(31)29-21-14-20(27)22(33-3)15-23(21)34-4)35-19-11-7-9-17(13-19)28-25(30)16-8-6-10-18(12-16)32-2/h6-15,24H,5H2,1-4H3,(H,28,30)(H,29,31). The van der Waals surface area contributed by atoms with Crippen LogP contribution in [0.1, 0.15) is 23.7 Å². The number of methoxy groups -OCH3 is 3. The number of benzene rings is 3. The summed E-state index contributed by atoms with van der Waals surface area (Å²) in [4.78, 5) is 26.5. The van der Waals surface area contributed by atoms with Crippen molar-refractivity contribution in [2.45, 2.75) is 23.5 Å². The van der Waals surface area contributed by atoms with Crippen LogP contribution >= 0.6 is 23.4 Å². The van der Waals surface area contributed by atoms with E-state index in [1.54, 1.807) is 49.6 Å². The molecule has 0 spiro atoms. The predicted molar refractivity (Wildman–Crippen MR) is 141 cm³/mol. The molecule has 7 nitrogen and oxygen atoms in total. The van der Waals surface area contributed by atoms with E-state index in [4.69, 9.17) is 25.8 Å². The minimum Gasteiger partial charge on any atom is -0.497 e. The highest BCUT2D eigenvalue weighted by Crippen LogP contribution is 2.37. The molecule has 0 radical (unpaired) electrons. The Morgan fingerprint density at radius 1 is 0.914 bits per heavy atom. The van der Waals surface area contributed by atoms with Crippen LogP contribution in [0.25, 0.3) is 0 Å². The quantitative estimate of drug-likeness (QED) is 0.317. The molecule has 0 bridgehead atoms. The van der Waals surface area contributed by atoms with Gasteiger partial charge in [-0.15, -0.1) is 11.8 Å². The average molecular weight is 515 g/mol. The predicted octanol–water partition coefficient (Wildman–Crippen LogP) is 6.13. The molecule has 1 atom stereocenters. The summed E-state index contributed by atoms with van der Waals surface area (Å²) in [5.74, 6) is 1.06. The highest BCUT2D eigenvalue weighted by molar-refractivity contribution is 8.00. The highest BCUT2D eigenvalue weighted by Gasteiger charge is 2.21. The van der Waals surface area contributed by atoms with Crippen molar-refractivity contribution in [3.63, 3.8) is 0 Å². The van der Waals surface area contributed by atoms with E-state index in [1.807, 2.05) is 25.1 Å². The molecule has 3 aromatic carbocycles. The van der Waals surface area contributed by atoms with Crippen LogP contribution in [0.4, 0.5) is 11.4 Å². The van der Waals surface area contributed by atoms with Crippen LogP contribution in [0.5, 0.6) is 17.2 Å². The number of hydrogen-bond donors (Lipinski definition) is 2. The van der Waals surface area contributed by atoms with Gasteiger partial charge < -0.3 is 24.8 Å². The topological polar surface area (TPSA) is 85.9 Å². The van der Waals surface area contributed by atoms with E-state index >= 15 is 0 Å². The van der Waals surface area contributed by atoms with Crippen molar-refractivity contribution >= 4 is 46.6 Å². The Labute approximate surface area is 214 Å². The Morgan fingerprint density at radius 2 is 1.66 bits per heavy atom. The molecule has 35 heavy (non-hydrogen) atoms. The molecule has 0 aromatic heterocycles. The fraction of sp³-hybridized carbons (Fsp3) is 0.231. The number of carbonyl (C=O) groups is 2. The fourth-order valence-corrected chi connectivity index (χ4v) is 4.53. The van der Waals surface area contributed by atoms with Crippen molar-refractivity contribution < 1.29 is 23.8 Å². The van der Waals surface area contributed by atoms with Gasteiger partial charge in [0, 0.05) is 22.2 Å². The summed E-state index contributed by atoms with van der Waals surface area (Å²) in [6.45, 7) is 1.93. The van der Waals surface area contributed by atoms with Gasteiger partial charge in [0.15, 0.2) is 0 Å². The minimum absolute atomic E-state index is 0.192. The number of amides is 2. The van der Waals surface area contributed by atoms with E-state index in [0.717, 1.165) is 4.90 Å². The first kappa shape index (κ1) is 26.2. The Balaban J connectivity index is 1.71. The van der Waals surface area contributed by atoms with Crippen LogP contribution in [-0.4, -0.2) is 38.4 Å². The second kappa shape index (κ2) is 12.4. The van der Waals surface area contributed by atoms with E-state index in [2.05, 4.69) is 10.6 Å². The largest absolute Gasteiger partial charge is 0.497 e. The maximum Gasteiger partial charge on any atom is 0.255 e. The highest BCUT2D eigenvalue weighted by atomic mass is 35.5. The summed E-state index contributed by atoms with van der Waals surface area (Å²) in [6, 6.07) is 17.5. The zero-order valence-corrected chi connectivity index (χ0v) is 21.5. The average Bonchev–Trinajstić information content (AvgIpc) is 2.87. The molecule has 3 aromatic rings. The Bertz CT molecular complexity index is 1200. The molecule has 0 aliphatic carbocycles. The molecule has 9 heteroatoms. The number of anilines is 2. The maximum atomic E-state index is 13.0. The van der Waals surface area contributed by atoms with E-state index in [1.165, 1.54) is 26.0 Å². The zero-order chi connectivity index (χ0) is 25.4. The Morgan fingerprint density at radius 3 is 2.34 bits per heavy atom. The zero-order valence-electron chi connectivity index (χ0n) is 19.9. The van der Waals surface area contributed by atoms with Gasteiger partial charge in [-0.2, -0.15) is 0 Å². The second-order valence-corrected chi connectivity index (χ2v) is 9.09. The van der Waals surface area contributed by atoms with E-state index < -0.39 is 0 Å². The van der Waals surface area contributed by atoms with Crippen molar-refractivity contribution in [3.05, 3.63) is 71.2 Å². The lowest BCUT2D eigenvalue weighted by Crippen LogP contribution is -2.24. The third-order valence-electron chi connectivity index (χ3n) is 5.10. The molecule has 2 N–H and O–H groups in total. The molecule has 0 aliphatic heterocycles. The number of hydrogen-bond acceptors (Lipinski definition) is 6. The molecular formula is C26H27ClN2O5S. The molecule has 2 amide bonds. The smallest absolute Gasteiger partial charge is 0.255 e. The number of ether oxygens (including phenoxy) is 3. The van der Waals surface area contributed by atoms with Gasteiger partial charge in [0.2, 0.25) is 5.91 Å². The summed E-state index contributed by atoms with van der Waals surface area (Å²) in [5, 5.41) is 5.77. The van der Waals surface area contributed by atoms with Gasteiger partial charge in [-0.3, -0.25) is 9.59 Å². The fourth-order valence-electron chi connectivity index (χ4n) is 3.27. The Hall–Kier alpha value is -3.36. The third kappa shape index (κ3) is 6.83. The van der Waals surface area contributed by atoms with Gasteiger partial charge >= 0.3 is 0 Å². The lowest BCUT2D eigenvalue weighted by molar-refractivity contribution is -0.115. The SMILES string of the molecule is CCC(Sc1cccc(NC(=O)c2cccc(OC)c2)c1)C(=O)Nc1cc(Cl)c(OC)cc1OC. The van der Waals surface area contributed by atoms with Crippen molar-refractivity contribution in [2.24, 2.45) is 0 Å². The van der Waals surface area contributed by atoms with Gasteiger partial charge in [0.25, 0.3) is 5.91 Å². The molecule has 0 saturated heterocycles. The van der Waals surface area contributed by atoms with Crippen LogP contribution < -0.4 is 24.8 Å². The van der Waals surface area contributed by atoms with Crippen LogP contribution in [0, 0.1) is 0 Å². The molecule has 0 fully saturated rings. The van der Waals surface area contributed by atoms with Crippen LogP contribution in [0.15, 0.2) is 65.6 Å². The van der Waals surface area contributed by atoms with Crippen LogP contribution in [0.2, 0.25) is 5.02 Å². The first-order valence-electron chi connectivity index (χ1n) is 10.8. The van der Waals surface area contributed by atoms with Gasteiger partial charge in [-0.25, -0.2) is 0 Å². The Kier molecular flexibility index (Phi) is 9.28. The summed E-state index contributed by atoms with van der Waals surface area (Å²) in [6.07, 6.45) is 0.586. The maximum absolute atomic E-state index is 13.0. The molecule has 184 valence electrons. The lowest BCUT2D eigenvalue weighted by Gasteiger charge is -2.18. The summed E-state index contributed by atoms with van der Waals surface area (Å²) < 4.78 is 15.8. The molecule has 1 unspecified atom stereocenters. The first-order chi connectivity index (χ1) is 16.9. The third-order valence-corrected chi connectivity index (χ3v) is 6.75. The summed E-state index contributed by atoms with van der Waals surface area (Å²) >= 11 is 7.63. The monoisotopic (exact) mass is 514 g/mol. The van der Waals surface area contributed by atoms with E-state index in [0.29, 0.717) is 45.6 Å². The van der Waals surface area contributed by atoms with E-state index in [-0.39, 0.29) is 17.1 Å². The lowest BCUT2D eigenvalue weighted by atomic mass is 10.2. The number of nitrogens with one attached hydrogen (secondary N) is 2. The molecular weight excluding hydrogens is 488 g/mol. The van der Waals surface area contributed by atoms with Crippen molar-refractivity contribution in [1.82, 2.24) is 0 Å². The van der Waals surface area contributed by atoms with Crippen LogP contribution in [0.3, 0.4) is 0 Å². The number of rotatable bonds is 10. The van der Waals surface area contributed by atoms with Gasteiger partial charge in [-0.1, -0.05) is 30.7 Å². The van der Waals surface area contributed by atoms with Gasteiger partial charge in [-0.05, 0) is 48.9 Å². The summed E-state index contributed by atoms with van der Waals surface area (Å²) in [5.41, 5.74) is 1.57. The normalized spacial score (nSPS) is 11.3. The molecule has 0 saturated carbocycles. The van der Waals surface area contributed by atoms with Crippen molar-refractivity contribution in [1.29, 1.82) is 0 Å². The van der Waals surface area contributed by atoms with Gasteiger partial charge in [0.05, 0.1) is 37.3 Å². The summed E-state index contributed by atoms with van der Waals surface area (Å²) in [7, 11) is 4.57. The van der Waals surface area contributed by atoms with E-state index in [9.17, 15) is 9.59 Å². The molecule has 0 aliphatic rings. The number of carbonyl (C=O) groups excluding carboxylic acids is 2. The minimum atomic E-state index is -0.384. The molecule has 0 heterocycles. The van der Waals surface area contributed by atoms with Crippen molar-refractivity contribution in [2.75, 3.05) is 32.0 Å². The van der Waals surface area contributed by atoms with Crippen LogP contribution in [-0.2, 0) is 4.79 Å². The number of thioether (sulfide) groups is 1.